The van der Waals surface area contributed by atoms with Gasteiger partial charge in [0.25, 0.3) is 5.91 Å². The van der Waals surface area contributed by atoms with Crippen LogP contribution < -0.4 is 9.64 Å². The van der Waals surface area contributed by atoms with Gasteiger partial charge in [-0.05, 0) is 61.0 Å². The molecule has 6 nitrogen and oxygen atoms in total. The van der Waals surface area contributed by atoms with Crippen LogP contribution in [-0.2, 0) is 6.61 Å². The van der Waals surface area contributed by atoms with Crippen LogP contribution in [0.25, 0.3) is 5.65 Å². The van der Waals surface area contributed by atoms with Gasteiger partial charge in [-0.25, -0.2) is 9.37 Å². The molecule has 2 aromatic heterocycles. The summed E-state index contributed by atoms with van der Waals surface area (Å²) in [6.07, 6.45) is 3.99. The van der Waals surface area contributed by atoms with Crippen LogP contribution >= 0.6 is 0 Å². The second-order valence-corrected chi connectivity index (χ2v) is 8.28. The van der Waals surface area contributed by atoms with Crippen molar-refractivity contribution < 1.29 is 13.9 Å². The molecule has 3 heterocycles. The molecule has 0 saturated carbocycles. The average Bonchev–Trinajstić information content (AvgIpc) is 3.25. The van der Waals surface area contributed by atoms with Gasteiger partial charge < -0.3 is 18.9 Å². The molecule has 0 radical (unpaired) electrons. The van der Waals surface area contributed by atoms with Crippen LogP contribution in [0.15, 0.2) is 73.1 Å². The summed E-state index contributed by atoms with van der Waals surface area (Å²) < 4.78 is 21.1. The molecule has 1 amide bonds. The summed E-state index contributed by atoms with van der Waals surface area (Å²) >= 11 is 0. The van der Waals surface area contributed by atoms with E-state index in [1.165, 1.54) is 12.1 Å². The number of anilines is 1. The number of aromatic nitrogens is 2. The van der Waals surface area contributed by atoms with Crippen LogP contribution in [0.3, 0.4) is 0 Å². The summed E-state index contributed by atoms with van der Waals surface area (Å²) in [5.74, 6) is 0.382. The van der Waals surface area contributed by atoms with E-state index in [-0.39, 0.29) is 11.7 Å². The van der Waals surface area contributed by atoms with Crippen LogP contribution in [0.2, 0.25) is 0 Å². The van der Waals surface area contributed by atoms with Gasteiger partial charge in [0.05, 0.1) is 5.69 Å². The molecule has 5 rings (SSSR count). The highest BCUT2D eigenvalue weighted by Gasteiger charge is 2.22. The van der Waals surface area contributed by atoms with Crippen LogP contribution in [-0.4, -0.2) is 46.4 Å². The first-order valence-corrected chi connectivity index (χ1v) is 11.0. The lowest BCUT2D eigenvalue weighted by Crippen LogP contribution is -2.48. The number of hydrogen-bond acceptors (Lipinski definition) is 4. The van der Waals surface area contributed by atoms with Crippen molar-refractivity contribution in [2.45, 2.75) is 13.5 Å². The molecule has 168 valence electrons. The van der Waals surface area contributed by atoms with Gasteiger partial charge in [-0.15, -0.1) is 0 Å². The number of hydrogen-bond donors (Lipinski definition) is 0. The quantitative estimate of drug-likeness (QED) is 0.460. The molecular weight excluding hydrogens is 419 g/mol. The lowest BCUT2D eigenvalue weighted by molar-refractivity contribution is 0.0746. The number of piperazine rings is 1. The second-order valence-electron chi connectivity index (χ2n) is 8.28. The Morgan fingerprint density at radius 2 is 1.79 bits per heavy atom. The van der Waals surface area contributed by atoms with Crippen molar-refractivity contribution in [2.24, 2.45) is 0 Å². The zero-order valence-corrected chi connectivity index (χ0v) is 18.4. The third-order valence-electron chi connectivity index (χ3n) is 5.88. The Labute approximate surface area is 191 Å². The summed E-state index contributed by atoms with van der Waals surface area (Å²) in [5, 5.41) is 0. The number of carbonyl (C=O) groups is 1. The maximum Gasteiger partial charge on any atom is 0.254 e. The van der Waals surface area contributed by atoms with E-state index in [9.17, 15) is 9.18 Å². The Morgan fingerprint density at radius 1 is 1.00 bits per heavy atom. The molecule has 0 unspecified atom stereocenters. The van der Waals surface area contributed by atoms with Crippen molar-refractivity contribution in [3.8, 4) is 5.75 Å². The van der Waals surface area contributed by atoms with Gasteiger partial charge in [0.15, 0.2) is 0 Å². The predicted octanol–water partition coefficient (Wildman–Crippen LogP) is 4.32. The number of nitrogens with zero attached hydrogens (tertiary/aromatic N) is 4. The lowest BCUT2D eigenvalue weighted by Gasteiger charge is -2.36. The average molecular weight is 445 g/mol. The van der Waals surface area contributed by atoms with Gasteiger partial charge >= 0.3 is 0 Å². The summed E-state index contributed by atoms with van der Waals surface area (Å²) in [6, 6.07) is 17.8. The summed E-state index contributed by atoms with van der Waals surface area (Å²) in [5.41, 5.74) is 4.45. The van der Waals surface area contributed by atoms with E-state index >= 15 is 0 Å². The number of pyridine rings is 1. The van der Waals surface area contributed by atoms with Gasteiger partial charge in [0.2, 0.25) is 0 Å². The molecule has 0 bridgehead atoms. The number of rotatable bonds is 5. The molecule has 1 fully saturated rings. The fourth-order valence-corrected chi connectivity index (χ4v) is 4.10. The van der Waals surface area contributed by atoms with Crippen LogP contribution in [0, 0.1) is 12.7 Å². The van der Waals surface area contributed by atoms with Crippen molar-refractivity contribution in [1.82, 2.24) is 14.3 Å². The summed E-state index contributed by atoms with van der Waals surface area (Å²) in [4.78, 5) is 21.6. The third kappa shape index (κ3) is 4.67. The van der Waals surface area contributed by atoms with Gasteiger partial charge in [-0.2, -0.15) is 0 Å². The molecule has 1 saturated heterocycles. The molecule has 33 heavy (non-hydrogen) atoms. The Bertz CT molecular complexity index is 1280. The SMILES string of the molecule is Cc1ccc2nc(COc3cccc(C(=O)N4CCN(c5ccc(F)cc5)CC4)c3)cn2c1. The first-order chi connectivity index (χ1) is 16.0. The van der Waals surface area contributed by atoms with Crippen molar-refractivity contribution in [3.05, 3.63) is 95.7 Å². The molecule has 2 aromatic carbocycles. The second kappa shape index (κ2) is 8.94. The van der Waals surface area contributed by atoms with Crippen molar-refractivity contribution in [2.75, 3.05) is 31.1 Å². The molecule has 0 spiro atoms. The van der Waals surface area contributed by atoms with E-state index < -0.39 is 0 Å². The molecule has 0 aliphatic carbocycles. The number of imidazole rings is 1. The Balaban J connectivity index is 1.20. The third-order valence-corrected chi connectivity index (χ3v) is 5.88. The number of amides is 1. The van der Waals surface area contributed by atoms with Crippen LogP contribution in [0.4, 0.5) is 10.1 Å². The minimum atomic E-state index is -0.244. The number of aryl methyl sites for hydroxylation is 1. The van der Waals surface area contributed by atoms with E-state index in [0.717, 1.165) is 22.6 Å². The van der Waals surface area contributed by atoms with Crippen molar-refractivity contribution in [1.29, 1.82) is 0 Å². The standard InChI is InChI=1S/C26H25FN4O2/c1-19-5-10-25-28-22(17-31(25)16-19)18-33-24-4-2-3-20(15-24)26(32)30-13-11-29(12-14-30)23-8-6-21(27)7-9-23/h2-10,15-17H,11-14,18H2,1H3. The topological polar surface area (TPSA) is 50.1 Å². The van der Waals surface area contributed by atoms with Gasteiger partial charge in [-0.1, -0.05) is 12.1 Å². The van der Waals surface area contributed by atoms with E-state index in [2.05, 4.69) is 9.88 Å². The number of halogens is 1. The van der Waals surface area contributed by atoms with E-state index in [4.69, 9.17) is 4.74 Å². The Morgan fingerprint density at radius 3 is 2.58 bits per heavy atom. The first kappa shape index (κ1) is 21.0. The number of carbonyl (C=O) groups excluding carboxylic acids is 1. The maximum atomic E-state index is 13.2. The highest BCUT2D eigenvalue weighted by molar-refractivity contribution is 5.94. The highest BCUT2D eigenvalue weighted by Crippen LogP contribution is 2.20. The molecule has 1 aliphatic rings. The molecule has 4 aromatic rings. The molecule has 0 atom stereocenters. The van der Waals surface area contributed by atoms with Crippen LogP contribution in [0.1, 0.15) is 21.6 Å². The molecule has 1 aliphatic heterocycles. The fourth-order valence-electron chi connectivity index (χ4n) is 4.10. The predicted molar refractivity (Wildman–Crippen MR) is 125 cm³/mol. The number of benzene rings is 2. The highest BCUT2D eigenvalue weighted by atomic mass is 19.1. The Hall–Kier alpha value is -3.87. The lowest BCUT2D eigenvalue weighted by atomic mass is 10.1. The van der Waals surface area contributed by atoms with Crippen molar-refractivity contribution in [3.63, 3.8) is 0 Å². The smallest absolute Gasteiger partial charge is 0.254 e. The number of fused-ring (bicyclic) bond motifs is 1. The first-order valence-electron chi connectivity index (χ1n) is 11.0. The number of ether oxygens (including phenoxy) is 1. The van der Waals surface area contributed by atoms with Crippen LogP contribution in [0.5, 0.6) is 5.75 Å². The van der Waals surface area contributed by atoms with E-state index in [0.29, 0.717) is 44.1 Å². The monoisotopic (exact) mass is 444 g/mol. The molecule has 0 N–H and O–H groups in total. The van der Waals surface area contributed by atoms with Gasteiger partial charge in [0, 0.05) is 49.8 Å². The maximum absolute atomic E-state index is 13.2. The zero-order chi connectivity index (χ0) is 22.8. The van der Waals surface area contributed by atoms with Gasteiger partial charge in [-0.3, -0.25) is 4.79 Å². The molecular formula is C26H25FN4O2. The minimum absolute atomic E-state index is 0.0117. The normalized spacial score (nSPS) is 14.0. The Kier molecular flexibility index (Phi) is 5.69. The fraction of sp³-hybridized carbons (Fsp3) is 0.231. The summed E-state index contributed by atoms with van der Waals surface area (Å²) in [6.45, 7) is 5.02. The van der Waals surface area contributed by atoms with Gasteiger partial charge in [0.1, 0.15) is 23.8 Å². The largest absolute Gasteiger partial charge is 0.487 e. The molecule has 7 heteroatoms. The summed E-state index contributed by atoms with van der Waals surface area (Å²) in [7, 11) is 0. The zero-order valence-electron chi connectivity index (χ0n) is 18.4. The van der Waals surface area contributed by atoms with Crippen molar-refractivity contribution >= 4 is 17.2 Å². The van der Waals surface area contributed by atoms with E-state index in [1.54, 1.807) is 18.2 Å². The minimum Gasteiger partial charge on any atom is -0.487 e. The van der Waals surface area contributed by atoms with E-state index in [1.807, 2.05) is 58.9 Å².